The highest BCUT2D eigenvalue weighted by atomic mass is 16.5. The number of aryl methyl sites for hydroxylation is 1. The summed E-state index contributed by atoms with van der Waals surface area (Å²) < 4.78 is 13.3. The molecule has 2 heterocycles. The van der Waals surface area contributed by atoms with Gasteiger partial charge in [0.25, 0.3) is 0 Å². The van der Waals surface area contributed by atoms with Crippen molar-refractivity contribution >= 4 is 28.6 Å². The van der Waals surface area contributed by atoms with Gasteiger partial charge in [0.15, 0.2) is 11.5 Å². The fourth-order valence-corrected chi connectivity index (χ4v) is 5.10. The quantitative estimate of drug-likeness (QED) is 0.330. The summed E-state index contributed by atoms with van der Waals surface area (Å²) in [5, 5.41) is 10.3. The van der Waals surface area contributed by atoms with Gasteiger partial charge in [-0.3, -0.25) is 9.69 Å². The van der Waals surface area contributed by atoms with Crippen LogP contribution in [0.4, 0.5) is 10.5 Å². The largest absolute Gasteiger partial charge is 0.493 e. The lowest BCUT2D eigenvalue weighted by Crippen LogP contribution is -2.53. The van der Waals surface area contributed by atoms with E-state index < -0.39 is 5.97 Å². The first kappa shape index (κ1) is 26.4. The summed E-state index contributed by atoms with van der Waals surface area (Å²) >= 11 is 0. The lowest BCUT2D eigenvalue weighted by atomic mass is 10.0. The van der Waals surface area contributed by atoms with Crippen molar-refractivity contribution in [2.75, 3.05) is 25.2 Å². The number of carbonyl (C=O) groups excluding carboxylic acids is 1. The van der Waals surface area contributed by atoms with Gasteiger partial charge in [0.2, 0.25) is 0 Å². The van der Waals surface area contributed by atoms with Gasteiger partial charge in [-0.15, -0.1) is 0 Å². The Morgan fingerprint density at radius 1 is 1.16 bits per heavy atom. The number of hydrogen-bond acceptors (Lipinski definition) is 4. The zero-order chi connectivity index (χ0) is 26.5. The Morgan fingerprint density at radius 3 is 2.70 bits per heavy atom. The van der Waals surface area contributed by atoms with Gasteiger partial charge < -0.3 is 24.0 Å². The molecule has 37 heavy (non-hydrogen) atoms. The van der Waals surface area contributed by atoms with E-state index in [1.807, 2.05) is 54.4 Å². The standard InChI is InChI=1S/C29H37N3O5/c1-5-6-7-15-37-26-16-23(11-12-25(26)36-4)31-14-13-21(3)32(29(31)35)18-22-9-8-10-24-28(22)20(2)17-30(24)19-27(33)34/h8-12,16-17,21H,5-7,13-15,18-19H2,1-4H3,(H,33,34)/t21-/m0/s1. The Bertz CT molecular complexity index is 1270. The van der Waals surface area contributed by atoms with Crippen LogP contribution in [0.1, 0.15) is 50.7 Å². The van der Waals surface area contributed by atoms with Gasteiger partial charge in [-0.1, -0.05) is 31.9 Å². The first-order chi connectivity index (χ1) is 17.8. The molecule has 0 aliphatic carbocycles. The lowest BCUT2D eigenvalue weighted by molar-refractivity contribution is -0.137. The summed E-state index contributed by atoms with van der Waals surface area (Å²) in [4.78, 5) is 28.8. The number of benzene rings is 2. The number of amides is 2. The molecule has 8 nitrogen and oxygen atoms in total. The Hall–Kier alpha value is -3.68. The minimum atomic E-state index is -0.883. The van der Waals surface area contributed by atoms with Crippen molar-refractivity contribution in [3.8, 4) is 11.5 Å². The molecule has 1 aliphatic heterocycles. The topological polar surface area (TPSA) is 84.2 Å². The van der Waals surface area contributed by atoms with Crippen LogP contribution in [0.5, 0.6) is 11.5 Å². The van der Waals surface area contributed by atoms with Crippen LogP contribution in [0, 0.1) is 6.92 Å². The van der Waals surface area contributed by atoms with E-state index in [9.17, 15) is 14.7 Å². The normalized spacial score (nSPS) is 15.9. The number of carbonyl (C=O) groups is 2. The number of ether oxygens (including phenoxy) is 2. The van der Waals surface area contributed by atoms with Crippen LogP contribution in [0.3, 0.4) is 0 Å². The van der Waals surface area contributed by atoms with Gasteiger partial charge in [-0.2, -0.15) is 0 Å². The number of unbranched alkanes of at least 4 members (excludes halogenated alkanes) is 2. The number of aromatic nitrogens is 1. The summed E-state index contributed by atoms with van der Waals surface area (Å²) in [5.74, 6) is 0.420. The Kier molecular flexibility index (Phi) is 8.26. The van der Waals surface area contributed by atoms with Crippen LogP contribution in [0.15, 0.2) is 42.6 Å². The van der Waals surface area contributed by atoms with E-state index >= 15 is 0 Å². The summed E-state index contributed by atoms with van der Waals surface area (Å²) in [6, 6.07) is 11.6. The van der Waals surface area contributed by atoms with Crippen molar-refractivity contribution in [1.29, 1.82) is 0 Å². The third-order valence-corrected chi connectivity index (χ3v) is 7.07. The van der Waals surface area contributed by atoms with Crippen molar-refractivity contribution in [2.45, 2.75) is 65.6 Å². The molecule has 1 saturated heterocycles. The maximum Gasteiger partial charge on any atom is 0.325 e. The molecule has 1 fully saturated rings. The molecule has 0 unspecified atom stereocenters. The number of carboxylic acids is 1. The predicted octanol–water partition coefficient (Wildman–Crippen LogP) is 5.83. The number of methoxy groups -OCH3 is 1. The molecule has 1 atom stereocenters. The number of anilines is 1. The van der Waals surface area contributed by atoms with E-state index in [-0.39, 0.29) is 18.6 Å². The molecular formula is C29H37N3O5. The fraction of sp³-hybridized carbons (Fsp3) is 0.448. The van der Waals surface area contributed by atoms with Crippen LogP contribution in [0.2, 0.25) is 0 Å². The van der Waals surface area contributed by atoms with E-state index in [4.69, 9.17) is 9.47 Å². The highest BCUT2D eigenvalue weighted by Gasteiger charge is 2.32. The second kappa shape index (κ2) is 11.6. The summed E-state index contributed by atoms with van der Waals surface area (Å²) in [6.45, 7) is 7.80. The molecule has 4 rings (SSSR count). The van der Waals surface area contributed by atoms with Crippen LogP contribution in [-0.4, -0.2) is 52.9 Å². The molecule has 1 N–H and O–H groups in total. The molecule has 2 aromatic carbocycles. The molecule has 1 aliphatic rings. The van der Waals surface area contributed by atoms with Gasteiger partial charge in [0, 0.05) is 48.0 Å². The molecule has 1 aromatic heterocycles. The first-order valence-corrected chi connectivity index (χ1v) is 13.0. The van der Waals surface area contributed by atoms with Crippen LogP contribution in [0.25, 0.3) is 10.9 Å². The predicted molar refractivity (Wildman–Crippen MR) is 145 cm³/mol. The molecular weight excluding hydrogens is 470 g/mol. The molecule has 0 saturated carbocycles. The highest BCUT2D eigenvalue weighted by Crippen LogP contribution is 2.35. The number of hydrogen-bond donors (Lipinski definition) is 1. The second-order valence-electron chi connectivity index (χ2n) is 9.74. The van der Waals surface area contributed by atoms with Crippen molar-refractivity contribution in [3.05, 3.63) is 53.7 Å². The zero-order valence-corrected chi connectivity index (χ0v) is 22.2. The van der Waals surface area contributed by atoms with Crippen LogP contribution in [-0.2, 0) is 17.9 Å². The zero-order valence-electron chi connectivity index (χ0n) is 22.2. The van der Waals surface area contributed by atoms with E-state index in [0.717, 1.165) is 53.4 Å². The molecule has 3 aromatic rings. The minimum Gasteiger partial charge on any atom is -0.493 e. The van der Waals surface area contributed by atoms with E-state index in [1.165, 1.54) is 0 Å². The van der Waals surface area contributed by atoms with Gasteiger partial charge >= 0.3 is 12.0 Å². The van der Waals surface area contributed by atoms with E-state index in [0.29, 0.717) is 31.2 Å². The average molecular weight is 508 g/mol. The maximum atomic E-state index is 13.8. The summed E-state index contributed by atoms with van der Waals surface area (Å²) in [5.41, 5.74) is 3.67. The number of rotatable bonds is 11. The Balaban J connectivity index is 1.59. The monoisotopic (exact) mass is 507 g/mol. The SMILES string of the molecule is CCCCCOc1cc(N2CC[C@H](C)N(Cc3cccc4c3c(C)cn4CC(=O)O)C2=O)ccc1OC. The van der Waals surface area contributed by atoms with Crippen molar-refractivity contribution < 1.29 is 24.2 Å². The van der Waals surface area contributed by atoms with Crippen molar-refractivity contribution in [3.63, 3.8) is 0 Å². The average Bonchev–Trinajstić information content (AvgIpc) is 3.19. The van der Waals surface area contributed by atoms with Gasteiger partial charge in [-0.05, 0) is 56.0 Å². The smallest absolute Gasteiger partial charge is 0.325 e. The van der Waals surface area contributed by atoms with Gasteiger partial charge in [-0.25, -0.2) is 4.79 Å². The summed E-state index contributed by atoms with van der Waals surface area (Å²) in [7, 11) is 1.62. The van der Waals surface area contributed by atoms with Crippen LogP contribution >= 0.6 is 0 Å². The van der Waals surface area contributed by atoms with E-state index in [1.54, 1.807) is 16.6 Å². The van der Waals surface area contributed by atoms with E-state index in [2.05, 4.69) is 13.8 Å². The number of carboxylic acid groups (broad SMARTS) is 1. The van der Waals surface area contributed by atoms with Crippen molar-refractivity contribution in [2.24, 2.45) is 0 Å². The molecule has 0 radical (unpaired) electrons. The van der Waals surface area contributed by atoms with Gasteiger partial charge in [0.1, 0.15) is 6.54 Å². The third kappa shape index (κ3) is 5.68. The highest BCUT2D eigenvalue weighted by molar-refractivity contribution is 5.94. The number of aliphatic carboxylic acids is 1. The molecule has 0 spiro atoms. The van der Waals surface area contributed by atoms with Gasteiger partial charge in [0.05, 0.1) is 13.7 Å². The molecule has 2 amide bonds. The van der Waals surface area contributed by atoms with Crippen LogP contribution < -0.4 is 14.4 Å². The first-order valence-electron chi connectivity index (χ1n) is 13.0. The third-order valence-electron chi connectivity index (χ3n) is 7.07. The number of fused-ring (bicyclic) bond motifs is 1. The molecule has 8 heteroatoms. The summed E-state index contributed by atoms with van der Waals surface area (Å²) in [6.07, 6.45) is 5.89. The van der Waals surface area contributed by atoms with Crippen molar-refractivity contribution in [1.82, 2.24) is 9.47 Å². The maximum absolute atomic E-state index is 13.8. The number of nitrogens with zero attached hydrogens (tertiary/aromatic N) is 3. The molecule has 0 bridgehead atoms. The second-order valence-corrected chi connectivity index (χ2v) is 9.74. The number of urea groups is 1. The Labute approximate surface area is 218 Å². The fourth-order valence-electron chi connectivity index (χ4n) is 5.10. The lowest BCUT2D eigenvalue weighted by Gasteiger charge is -2.40. The Morgan fingerprint density at radius 2 is 1.97 bits per heavy atom. The molecule has 198 valence electrons. The minimum absolute atomic E-state index is 0.0551.